The van der Waals surface area contributed by atoms with Gasteiger partial charge in [0.05, 0.1) is 7.11 Å². The van der Waals surface area contributed by atoms with Crippen LogP contribution in [0.1, 0.15) is 43.9 Å². The van der Waals surface area contributed by atoms with Gasteiger partial charge in [-0.05, 0) is 49.6 Å². The number of ether oxygens (including phenoxy) is 2. The lowest BCUT2D eigenvalue weighted by molar-refractivity contribution is -0.124. The van der Waals surface area contributed by atoms with Crippen LogP contribution in [-0.4, -0.2) is 29.4 Å². The first kappa shape index (κ1) is 24.7. The third kappa shape index (κ3) is 7.02. The van der Waals surface area contributed by atoms with Gasteiger partial charge in [-0.2, -0.15) is 0 Å². The van der Waals surface area contributed by atoms with E-state index in [1.807, 2.05) is 32.9 Å². The van der Waals surface area contributed by atoms with Crippen molar-refractivity contribution in [3.05, 3.63) is 65.7 Å². The summed E-state index contributed by atoms with van der Waals surface area (Å²) in [5, 5.41) is 21.6. The van der Waals surface area contributed by atoms with Gasteiger partial charge in [0.1, 0.15) is 6.10 Å². The number of hydrogen-bond donors (Lipinski definition) is 4. The normalized spacial score (nSPS) is 12.3. The number of hydrogen-bond acceptors (Lipinski definition) is 6. The Hall–Kier alpha value is -3.52. The van der Waals surface area contributed by atoms with Gasteiger partial charge in [-0.25, -0.2) is 10.3 Å². The second-order valence-electron chi connectivity index (χ2n) is 8.11. The third-order valence-electron chi connectivity index (χ3n) is 5.07. The number of rotatable bonds is 9. The molecule has 4 N–H and O–H groups in total. The number of carbonyl (C=O) groups excluding carboxylic acids is 2. The first-order chi connectivity index (χ1) is 15.2. The lowest BCUT2D eigenvalue weighted by Gasteiger charge is -2.34. The number of carbonyl (C=O) groups is 2. The number of amides is 2. The van der Waals surface area contributed by atoms with Gasteiger partial charge in [0, 0.05) is 17.2 Å². The minimum absolute atomic E-state index is 0.0622. The molecule has 0 aromatic heterocycles. The van der Waals surface area contributed by atoms with Crippen LogP contribution >= 0.6 is 0 Å². The fraction of sp³-hybridized carbons (Fsp3) is 0.333. The predicted octanol–water partition coefficient (Wildman–Crippen LogP) is 4.87. The standard InChI is InChI=1S/C24H30N2O6/c1-16-8-11-18(12-9-16)25-23(29)32-22(17-10-13-20(31-4)19(27)15-17)24(2,3)14-6-5-7-21(28)26-30/h5,7-13,15,22,27,30H,6,14H2,1-4H3,(H,25,29)(H,26,28)/b7-5+/t22-/m1/s1. The second kappa shape index (κ2) is 11.2. The Labute approximate surface area is 187 Å². The molecule has 32 heavy (non-hydrogen) atoms. The summed E-state index contributed by atoms with van der Waals surface area (Å²) in [7, 11) is 1.45. The average Bonchev–Trinajstić information content (AvgIpc) is 2.76. The van der Waals surface area contributed by atoms with E-state index in [-0.39, 0.29) is 5.75 Å². The molecule has 8 nitrogen and oxygen atoms in total. The highest BCUT2D eigenvalue weighted by molar-refractivity contribution is 5.86. The maximum atomic E-state index is 12.7. The van der Waals surface area contributed by atoms with E-state index in [9.17, 15) is 14.7 Å². The van der Waals surface area contributed by atoms with Crippen molar-refractivity contribution in [1.29, 1.82) is 0 Å². The minimum atomic E-state index is -0.704. The fourth-order valence-electron chi connectivity index (χ4n) is 3.25. The van der Waals surface area contributed by atoms with Crippen LogP contribution in [-0.2, 0) is 9.53 Å². The molecule has 0 spiro atoms. The molecule has 2 aromatic carbocycles. The van der Waals surface area contributed by atoms with Crippen LogP contribution in [0.15, 0.2) is 54.6 Å². The molecule has 1 atom stereocenters. The van der Waals surface area contributed by atoms with Crippen LogP contribution in [0.4, 0.5) is 10.5 Å². The van der Waals surface area contributed by atoms with Gasteiger partial charge in [0.25, 0.3) is 5.91 Å². The number of phenolic OH excluding ortho intramolecular Hbond substituents is 1. The van der Waals surface area contributed by atoms with Crippen LogP contribution in [0.3, 0.4) is 0 Å². The molecule has 8 heteroatoms. The Kier molecular flexibility index (Phi) is 8.66. The summed E-state index contributed by atoms with van der Waals surface area (Å²) in [6, 6.07) is 12.2. The molecule has 0 bridgehead atoms. The Morgan fingerprint density at radius 2 is 1.84 bits per heavy atom. The average molecular weight is 443 g/mol. The summed E-state index contributed by atoms with van der Waals surface area (Å²) >= 11 is 0. The van der Waals surface area contributed by atoms with E-state index in [1.54, 1.807) is 30.3 Å². The van der Waals surface area contributed by atoms with Crippen molar-refractivity contribution in [3.8, 4) is 11.5 Å². The van der Waals surface area contributed by atoms with E-state index in [0.717, 1.165) is 5.56 Å². The maximum absolute atomic E-state index is 12.7. The van der Waals surface area contributed by atoms with Gasteiger partial charge in [-0.3, -0.25) is 15.3 Å². The molecular formula is C24H30N2O6. The molecule has 0 aliphatic heterocycles. The number of benzene rings is 2. The zero-order valence-electron chi connectivity index (χ0n) is 18.7. The van der Waals surface area contributed by atoms with Crippen LogP contribution in [0.25, 0.3) is 0 Å². The zero-order chi connectivity index (χ0) is 23.7. The van der Waals surface area contributed by atoms with Gasteiger partial charge < -0.3 is 14.6 Å². The van der Waals surface area contributed by atoms with Crippen molar-refractivity contribution in [3.63, 3.8) is 0 Å². The number of nitrogens with one attached hydrogen (secondary N) is 2. The van der Waals surface area contributed by atoms with E-state index in [1.165, 1.54) is 24.7 Å². The minimum Gasteiger partial charge on any atom is -0.504 e. The predicted molar refractivity (Wildman–Crippen MR) is 121 cm³/mol. The molecule has 0 aliphatic carbocycles. The van der Waals surface area contributed by atoms with E-state index in [0.29, 0.717) is 29.8 Å². The van der Waals surface area contributed by atoms with Crippen LogP contribution in [0, 0.1) is 12.3 Å². The number of phenols is 1. The van der Waals surface area contributed by atoms with E-state index in [2.05, 4.69) is 5.32 Å². The highest BCUT2D eigenvalue weighted by atomic mass is 16.6. The summed E-state index contributed by atoms with van der Waals surface area (Å²) in [6.07, 6.45) is 2.58. The Bertz CT molecular complexity index is 953. The van der Waals surface area contributed by atoms with Gasteiger partial charge in [-0.15, -0.1) is 0 Å². The molecule has 2 rings (SSSR count). The lowest BCUT2D eigenvalue weighted by Crippen LogP contribution is -2.29. The molecule has 0 radical (unpaired) electrons. The van der Waals surface area contributed by atoms with Gasteiger partial charge in [0.2, 0.25) is 0 Å². The smallest absolute Gasteiger partial charge is 0.412 e. The molecule has 0 aliphatic rings. The van der Waals surface area contributed by atoms with Gasteiger partial charge >= 0.3 is 6.09 Å². The highest BCUT2D eigenvalue weighted by Crippen LogP contribution is 2.42. The summed E-state index contributed by atoms with van der Waals surface area (Å²) in [5.74, 6) is -0.367. The van der Waals surface area contributed by atoms with Gasteiger partial charge in [0.15, 0.2) is 11.5 Å². The van der Waals surface area contributed by atoms with E-state index >= 15 is 0 Å². The first-order valence-corrected chi connectivity index (χ1v) is 10.2. The number of aromatic hydroxyl groups is 1. The van der Waals surface area contributed by atoms with Crippen molar-refractivity contribution in [2.24, 2.45) is 5.41 Å². The van der Waals surface area contributed by atoms with E-state index < -0.39 is 23.5 Å². The van der Waals surface area contributed by atoms with Gasteiger partial charge in [-0.1, -0.05) is 43.7 Å². The van der Waals surface area contributed by atoms with Crippen molar-refractivity contribution >= 4 is 17.7 Å². The summed E-state index contributed by atoms with van der Waals surface area (Å²) < 4.78 is 10.9. The summed E-state index contributed by atoms with van der Waals surface area (Å²) in [6.45, 7) is 5.81. The molecule has 2 amide bonds. The molecule has 0 fully saturated rings. The molecule has 0 heterocycles. The highest BCUT2D eigenvalue weighted by Gasteiger charge is 2.34. The van der Waals surface area contributed by atoms with Crippen molar-refractivity contribution in [1.82, 2.24) is 5.48 Å². The Morgan fingerprint density at radius 1 is 1.16 bits per heavy atom. The molecule has 0 saturated heterocycles. The van der Waals surface area contributed by atoms with Crippen LogP contribution < -0.4 is 15.5 Å². The van der Waals surface area contributed by atoms with Crippen molar-refractivity contribution in [2.75, 3.05) is 12.4 Å². The number of methoxy groups -OCH3 is 1. The SMILES string of the molecule is COc1ccc([C@@H](OC(=O)Nc2ccc(C)cc2)C(C)(C)CC/C=C/C(=O)NO)cc1O. The number of anilines is 1. The van der Waals surface area contributed by atoms with E-state index in [4.69, 9.17) is 14.7 Å². The lowest BCUT2D eigenvalue weighted by atomic mass is 9.78. The molecule has 0 unspecified atom stereocenters. The number of aryl methyl sites for hydroxylation is 1. The second-order valence-corrected chi connectivity index (χ2v) is 8.11. The topological polar surface area (TPSA) is 117 Å². The summed E-state index contributed by atoms with van der Waals surface area (Å²) in [5.41, 5.74) is 3.25. The Balaban J connectivity index is 2.24. The maximum Gasteiger partial charge on any atom is 0.412 e. The summed E-state index contributed by atoms with van der Waals surface area (Å²) in [4.78, 5) is 23.8. The third-order valence-corrected chi connectivity index (χ3v) is 5.07. The fourth-order valence-corrected chi connectivity index (χ4v) is 3.25. The first-order valence-electron chi connectivity index (χ1n) is 10.2. The van der Waals surface area contributed by atoms with Crippen molar-refractivity contribution < 1.29 is 29.4 Å². The largest absolute Gasteiger partial charge is 0.504 e. The Morgan fingerprint density at radius 3 is 2.44 bits per heavy atom. The monoisotopic (exact) mass is 442 g/mol. The quantitative estimate of drug-likeness (QED) is 0.250. The van der Waals surface area contributed by atoms with Crippen LogP contribution in [0.2, 0.25) is 0 Å². The molecule has 2 aromatic rings. The van der Waals surface area contributed by atoms with Crippen molar-refractivity contribution in [2.45, 2.75) is 39.7 Å². The van der Waals surface area contributed by atoms with Crippen LogP contribution in [0.5, 0.6) is 11.5 Å². The molecule has 0 saturated carbocycles. The molecule has 172 valence electrons. The number of allylic oxidation sites excluding steroid dienone is 1. The zero-order valence-corrected chi connectivity index (χ0v) is 18.7. The number of hydroxylamine groups is 1. The molecular weight excluding hydrogens is 412 g/mol.